The van der Waals surface area contributed by atoms with Crippen LogP contribution in [0.5, 0.6) is 0 Å². The van der Waals surface area contributed by atoms with Gasteiger partial charge in [-0.2, -0.15) is 0 Å². The normalized spacial score (nSPS) is 18.1. The summed E-state index contributed by atoms with van der Waals surface area (Å²) in [6.07, 6.45) is 1.11. The van der Waals surface area contributed by atoms with Gasteiger partial charge in [-0.25, -0.2) is 0 Å². The van der Waals surface area contributed by atoms with Crippen LogP contribution in [-0.4, -0.2) is 11.5 Å². The number of fused-ring (bicyclic) bond motifs is 3. The van der Waals surface area contributed by atoms with E-state index in [0.29, 0.717) is 6.04 Å². The van der Waals surface area contributed by atoms with Gasteiger partial charge in [-0.15, -0.1) is 11.3 Å². The molecule has 108 valence electrons. The van der Waals surface area contributed by atoms with Crippen molar-refractivity contribution in [2.45, 2.75) is 33.2 Å². The number of nitrogens with one attached hydrogen (secondary N) is 2. The molecule has 0 amide bonds. The van der Waals surface area contributed by atoms with Crippen LogP contribution < -0.4 is 5.32 Å². The van der Waals surface area contributed by atoms with Gasteiger partial charge in [-0.1, -0.05) is 6.07 Å². The van der Waals surface area contributed by atoms with Gasteiger partial charge < -0.3 is 10.3 Å². The average Bonchev–Trinajstić information content (AvgIpc) is 3.01. The smallest absolute Gasteiger partial charge is 0.0826 e. The molecule has 0 bridgehead atoms. The first-order valence-corrected chi connectivity index (χ1v) is 8.36. The van der Waals surface area contributed by atoms with Crippen LogP contribution in [0.1, 0.15) is 38.2 Å². The zero-order valence-corrected chi connectivity index (χ0v) is 13.5. The molecule has 3 heteroatoms. The second-order valence-electron chi connectivity index (χ2n) is 6.11. The largest absolute Gasteiger partial charge is 0.357 e. The fraction of sp³-hybridized carbons (Fsp3) is 0.333. The predicted octanol–water partition coefficient (Wildman–Crippen LogP) is 4.39. The minimum atomic E-state index is 0.319. The highest BCUT2D eigenvalue weighted by atomic mass is 32.1. The predicted molar refractivity (Wildman–Crippen MR) is 90.4 cm³/mol. The van der Waals surface area contributed by atoms with Gasteiger partial charge in [-0.05, 0) is 62.1 Å². The van der Waals surface area contributed by atoms with E-state index in [-0.39, 0.29) is 0 Å². The zero-order chi connectivity index (χ0) is 14.6. The summed E-state index contributed by atoms with van der Waals surface area (Å²) in [5, 5.41) is 5.12. The van der Waals surface area contributed by atoms with Gasteiger partial charge in [0.2, 0.25) is 0 Å². The van der Waals surface area contributed by atoms with E-state index in [2.05, 4.69) is 55.3 Å². The fourth-order valence-corrected chi connectivity index (χ4v) is 4.59. The molecule has 0 radical (unpaired) electrons. The van der Waals surface area contributed by atoms with Crippen molar-refractivity contribution in [3.63, 3.8) is 0 Å². The van der Waals surface area contributed by atoms with Crippen molar-refractivity contribution in [3.8, 4) is 0 Å². The van der Waals surface area contributed by atoms with Crippen molar-refractivity contribution in [3.05, 3.63) is 56.4 Å². The average molecular weight is 296 g/mol. The number of aryl methyl sites for hydroxylation is 3. The highest BCUT2D eigenvalue weighted by Gasteiger charge is 2.26. The van der Waals surface area contributed by atoms with Crippen LogP contribution in [0.25, 0.3) is 10.9 Å². The van der Waals surface area contributed by atoms with Crippen molar-refractivity contribution in [2.24, 2.45) is 0 Å². The highest BCUT2D eigenvalue weighted by molar-refractivity contribution is 7.12. The van der Waals surface area contributed by atoms with E-state index in [1.165, 1.54) is 43.0 Å². The summed E-state index contributed by atoms with van der Waals surface area (Å²) in [6.45, 7) is 7.63. The van der Waals surface area contributed by atoms with Gasteiger partial charge in [0.1, 0.15) is 0 Å². The lowest BCUT2D eigenvalue weighted by Gasteiger charge is -2.23. The minimum Gasteiger partial charge on any atom is -0.357 e. The third-order valence-electron chi connectivity index (χ3n) is 4.43. The summed E-state index contributed by atoms with van der Waals surface area (Å²) in [7, 11) is 0. The van der Waals surface area contributed by atoms with E-state index in [1.54, 1.807) is 0 Å². The molecule has 1 aliphatic rings. The van der Waals surface area contributed by atoms with E-state index in [9.17, 15) is 0 Å². The Morgan fingerprint density at radius 1 is 1.14 bits per heavy atom. The van der Waals surface area contributed by atoms with E-state index in [1.807, 2.05) is 11.3 Å². The summed E-state index contributed by atoms with van der Waals surface area (Å²) in [5.41, 5.74) is 6.89. The molecule has 2 N–H and O–H groups in total. The Kier molecular flexibility index (Phi) is 2.95. The van der Waals surface area contributed by atoms with Crippen molar-refractivity contribution in [1.29, 1.82) is 0 Å². The second-order valence-corrected chi connectivity index (χ2v) is 7.43. The van der Waals surface area contributed by atoms with E-state index >= 15 is 0 Å². The van der Waals surface area contributed by atoms with Crippen LogP contribution in [-0.2, 0) is 6.42 Å². The standard InChI is InChI=1S/C18H20N2S/c1-10-8-11(2)16-13-6-7-19-18(15-5-4-12(3)21-15)17(13)20-14(16)9-10/h4-5,8-9,18-20H,6-7H2,1-3H3. The molecule has 21 heavy (non-hydrogen) atoms. The first-order valence-electron chi connectivity index (χ1n) is 7.55. The van der Waals surface area contributed by atoms with Crippen molar-refractivity contribution >= 4 is 22.2 Å². The van der Waals surface area contributed by atoms with Gasteiger partial charge in [0, 0.05) is 32.9 Å². The fourth-order valence-electron chi connectivity index (χ4n) is 3.62. The maximum absolute atomic E-state index is 3.70. The second kappa shape index (κ2) is 4.72. The molecule has 0 aliphatic carbocycles. The van der Waals surface area contributed by atoms with E-state index in [0.717, 1.165) is 13.0 Å². The molecule has 3 aromatic rings. The molecule has 0 saturated carbocycles. The van der Waals surface area contributed by atoms with Crippen molar-refractivity contribution in [1.82, 2.24) is 10.3 Å². The summed E-state index contributed by atoms with van der Waals surface area (Å²) in [5.74, 6) is 0. The molecule has 1 unspecified atom stereocenters. The van der Waals surface area contributed by atoms with Crippen LogP contribution in [0, 0.1) is 20.8 Å². The van der Waals surface area contributed by atoms with Gasteiger partial charge in [0.25, 0.3) is 0 Å². The summed E-state index contributed by atoms with van der Waals surface area (Å²) < 4.78 is 0. The molecule has 4 rings (SSSR count). The third kappa shape index (κ3) is 2.03. The lowest BCUT2D eigenvalue weighted by molar-refractivity contribution is 0.567. The van der Waals surface area contributed by atoms with Gasteiger partial charge in [-0.3, -0.25) is 0 Å². The number of rotatable bonds is 1. The van der Waals surface area contributed by atoms with Crippen LogP contribution in [0.3, 0.4) is 0 Å². The Balaban J connectivity index is 1.94. The molecular formula is C18H20N2S. The number of H-pyrrole nitrogens is 1. The molecule has 1 atom stereocenters. The Hall–Kier alpha value is -1.58. The topological polar surface area (TPSA) is 27.8 Å². The summed E-state index contributed by atoms with van der Waals surface area (Å²) in [6, 6.07) is 9.37. The quantitative estimate of drug-likeness (QED) is 0.685. The minimum absolute atomic E-state index is 0.319. The maximum atomic E-state index is 3.70. The number of thiophene rings is 1. The number of aromatic nitrogens is 1. The molecular weight excluding hydrogens is 276 g/mol. The molecule has 1 aliphatic heterocycles. The first kappa shape index (κ1) is 13.1. The molecule has 2 aromatic heterocycles. The van der Waals surface area contributed by atoms with E-state index < -0.39 is 0 Å². The number of benzene rings is 1. The Bertz CT molecular complexity index is 825. The van der Waals surface area contributed by atoms with Crippen LogP contribution in [0.4, 0.5) is 0 Å². The molecule has 0 fully saturated rings. The SMILES string of the molecule is Cc1cc(C)c2c3c([nH]c2c1)C(c1ccc(C)s1)NCC3. The lowest BCUT2D eigenvalue weighted by atomic mass is 9.96. The van der Waals surface area contributed by atoms with Crippen molar-refractivity contribution in [2.75, 3.05) is 6.54 Å². The summed E-state index contributed by atoms with van der Waals surface area (Å²) in [4.78, 5) is 6.49. The lowest BCUT2D eigenvalue weighted by Crippen LogP contribution is -2.29. The molecule has 0 spiro atoms. The third-order valence-corrected chi connectivity index (χ3v) is 5.50. The highest BCUT2D eigenvalue weighted by Crippen LogP contribution is 2.37. The molecule has 3 heterocycles. The van der Waals surface area contributed by atoms with Crippen LogP contribution in [0.15, 0.2) is 24.3 Å². The van der Waals surface area contributed by atoms with Crippen molar-refractivity contribution < 1.29 is 0 Å². The van der Waals surface area contributed by atoms with Gasteiger partial charge >= 0.3 is 0 Å². The van der Waals surface area contributed by atoms with E-state index in [4.69, 9.17) is 0 Å². The number of aromatic amines is 1. The van der Waals surface area contributed by atoms with Crippen LogP contribution in [0.2, 0.25) is 0 Å². The zero-order valence-electron chi connectivity index (χ0n) is 12.7. The summed E-state index contributed by atoms with van der Waals surface area (Å²) >= 11 is 1.89. The van der Waals surface area contributed by atoms with Gasteiger partial charge in [0.05, 0.1) is 6.04 Å². The Morgan fingerprint density at radius 3 is 2.76 bits per heavy atom. The Morgan fingerprint density at radius 2 is 2.00 bits per heavy atom. The first-order chi connectivity index (χ1) is 10.1. The van der Waals surface area contributed by atoms with Crippen LogP contribution >= 0.6 is 11.3 Å². The Labute approximate surface area is 129 Å². The maximum Gasteiger partial charge on any atom is 0.0826 e. The molecule has 2 nitrogen and oxygen atoms in total. The molecule has 1 aromatic carbocycles. The van der Waals surface area contributed by atoms with Gasteiger partial charge in [0.15, 0.2) is 0 Å². The molecule has 0 saturated heterocycles. The monoisotopic (exact) mass is 296 g/mol. The number of hydrogen-bond donors (Lipinski definition) is 2. The number of hydrogen-bond acceptors (Lipinski definition) is 2.